The molecule has 29 heavy (non-hydrogen) atoms. The first-order valence-electron chi connectivity index (χ1n) is 10.6. The van der Waals surface area contributed by atoms with Gasteiger partial charge < -0.3 is 15.0 Å². The van der Waals surface area contributed by atoms with E-state index in [0.29, 0.717) is 32.1 Å². The van der Waals surface area contributed by atoms with Crippen molar-refractivity contribution in [1.29, 1.82) is 0 Å². The Morgan fingerprint density at radius 1 is 0.793 bits per heavy atom. The van der Waals surface area contributed by atoms with Gasteiger partial charge in [0.25, 0.3) is 0 Å². The van der Waals surface area contributed by atoms with Crippen LogP contribution in [0, 0.1) is 20.2 Å². The Hall–Kier alpha value is -1.87. The molecule has 0 aromatic rings. The van der Waals surface area contributed by atoms with Gasteiger partial charge >= 0.3 is 0 Å². The van der Waals surface area contributed by atoms with E-state index in [9.17, 15) is 35.2 Å². The van der Waals surface area contributed by atoms with Gasteiger partial charge in [-0.05, 0) is 25.7 Å². The predicted octanol–water partition coefficient (Wildman–Crippen LogP) is 3.46. The van der Waals surface area contributed by atoms with E-state index in [1.807, 2.05) is 6.92 Å². The second kappa shape index (κ2) is 17.0. The number of hydrogen-bond donors (Lipinski definition) is 2. The summed E-state index contributed by atoms with van der Waals surface area (Å²) in [4.78, 5) is 31.6. The molecule has 0 saturated carbocycles. The first-order valence-corrected chi connectivity index (χ1v) is 10.6. The molecule has 0 heterocycles. The van der Waals surface area contributed by atoms with Crippen LogP contribution in [0.1, 0.15) is 84.0 Å². The quantitative estimate of drug-likeness (QED) is 0.108. The van der Waals surface area contributed by atoms with Crippen LogP contribution in [-0.4, -0.2) is 50.6 Å². The Morgan fingerprint density at radius 2 is 1.38 bits per heavy atom. The topological polar surface area (TPSA) is 144 Å². The second-order valence-corrected chi connectivity index (χ2v) is 7.44. The molecule has 0 saturated heterocycles. The maximum Gasteiger partial charge on any atom is 0.241 e. The van der Waals surface area contributed by atoms with Crippen LogP contribution < -0.4 is 0 Å². The number of aliphatic hydroxyl groups excluding tert-OH is 2. The molecule has 0 spiro atoms. The first-order chi connectivity index (χ1) is 13.8. The fourth-order valence-electron chi connectivity index (χ4n) is 3.18. The van der Waals surface area contributed by atoms with E-state index >= 15 is 0 Å². The number of aldehydes is 1. The number of nitrogens with zero attached hydrogens (tertiary/aromatic N) is 2. The summed E-state index contributed by atoms with van der Waals surface area (Å²) in [6.07, 6.45) is 8.41. The number of unbranched alkanes of at least 4 members (excludes halogenated alkanes) is 6. The van der Waals surface area contributed by atoms with E-state index in [2.05, 4.69) is 0 Å². The number of carbonyl (C=O) groups excluding carboxylic acids is 1. The third-order valence-corrected chi connectivity index (χ3v) is 5.03. The summed E-state index contributed by atoms with van der Waals surface area (Å²) >= 11 is 0. The molecule has 0 radical (unpaired) electrons. The summed E-state index contributed by atoms with van der Waals surface area (Å²) in [5, 5.41) is 42.5. The lowest BCUT2D eigenvalue weighted by atomic mass is 9.99. The van der Waals surface area contributed by atoms with Crippen LogP contribution in [0.15, 0.2) is 12.2 Å². The molecule has 4 unspecified atom stereocenters. The summed E-state index contributed by atoms with van der Waals surface area (Å²) in [5.41, 5.74) is 0. The average molecular weight is 417 g/mol. The van der Waals surface area contributed by atoms with Gasteiger partial charge in [-0.2, -0.15) is 0 Å². The van der Waals surface area contributed by atoms with Crippen molar-refractivity contribution in [2.24, 2.45) is 0 Å². The highest BCUT2D eigenvalue weighted by Crippen LogP contribution is 2.16. The molecule has 9 heteroatoms. The van der Waals surface area contributed by atoms with Crippen LogP contribution in [0.25, 0.3) is 0 Å². The molecule has 0 aliphatic heterocycles. The normalized spacial score (nSPS) is 15.7. The summed E-state index contributed by atoms with van der Waals surface area (Å²) in [6.45, 7) is 1.99. The molecule has 0 bridgehead atoms. The van der Waals surface area contributed by atoms with Crippen molar-refractivity contribution in [1.82, 2.24) is 0 Å². The molecule has 0 aliphatic rings. The van der Waals surface area contributed by atoms with Crippen molar-refractivity contribution in [3.05, 3.63) is 32.4 Å². The molecule has 0 aliphatic carbocycles. The van der Waals surface area contributed by atoms with Crippen LogP contribution >= 0.6 is 0 Å². The second-order valence-electron chi connectivity index (χ2n) is 7.44. The molecule has 0 aromatic heterocycles. The van der Waals surface area contributed by atoms with E-state index in [-0.39, 0.29) is 12.8 Å². The molecular weight excluding hydrogens is 380 g/mol. The zero-order chi connectivity index (χ0) is 22.1. The lowest BCUT2D eigenvalue weighted by Crippen LogP contribution is -2.34. The summed E-state index contributed by atoms with van der Waals surface area (Å²) in [5.74, 6) is 0. The van der Waals surface area contributed by atoms with Gasteiger partial charge in [0.1, 0.15) is 18.5 Å². The molecule has 2 N–H and O–H groups in total. The van der Waals surface area contributed by atoms with Gasteiger partial charge in [0.05, 0.1) is 0 Å². The molecule has 0 aromatic carbocycles. The minimum Gasteiger partial charge on any atom is -0.386 e. The Bertz CT molecular complexity index is 499. The Kier molecular flexibility index (Phi) is 15.9. The smallest absolute Gasteiger partial charge is 0.241 e. The maximum absolute atomic E-state index is 11.2. The van der Waals surface area contributed by atoms with Crippen molar-refractivity contribution < 1.29 is 24.9 Å². The summed E-state index contributed by atoms with van der Waals surface area (Å²) < 4.78 is 0. The molecule has 4 atom stereocenters. The highest BCUT2D eigenvalue weighted by atomic mass is 16.6. The highest BCUT2D eigenvalue weighted by Gasteiger charge is 2.29. The number of aliphatic hydroxyl groups is 2. The molecule has 0 fully saturated rings. The Balaban J connectivity index is 4.40. The van der Waals surface area contributed by atoms with E-state index in [1.54, 1.807) is 0 Å². The van der Waals surface area contributed by atoms with Gasteiger partial charge in [-0.1, -0.05) is 51.2 Å². The van der Waals surface area contributed by atoms with E-state index in [1.165, 1.54) is 12.2 Å². The number of rotatable bonds is 19. The summed E-state index contributed by atoms with van der Waals surface area (Å²) in [6, 6.07) is -2.18. The third kappa shape index (κ3) is 13.1. The fourth-order valence-corrected chi connectivity index (χ4v) is 3.18. The number of carbonyl (C=O) groups is 1. The molecule has 168 valence electrons. The number of nitro groups is 2. The average Bonchev–Trinajstić information content (AvgIpc) is 2.66. The van der Waals surface area contributed by atoms with Crippen LogP contribution in [0.4, 0.5) is 0 Å². The minimum atomic E-state index is -1.14. The van der Waals surface area contributed by atoms with Crippen molar-refractivity contribution in [2.45, 2.75) is 108 Å². The fraction of sp³-hybridized carbons (Fsp3) is 0.850. The van der Waals surface area contributed by atoms with E-state index in [4.69, 9.17) is 0 Å². The van der Waals surface area contributed by atoms with E-state index in [0.717, 1.165) is 38.4 Å². The van der Waals surface area contributed by atoms with Crippen molar-refractivity contribution >= 4 is 6.29 Å². The molecule has 0 rings (SSSR count). The Labute approximate surface area is 172 Å². The monoisotopic (exact) mass is 416 g/mol. The lowest BCUT2D eigenvalue weighted by Gasteiger charge is -2.15. The van der Waals surface area contributed by atoms with Gasteiger partial charge in [-0.25, -0.2) is 0 Å². The lowest BCUT2D eigenvalue weighted by molar-refractivity contribution is -0.535. The van der Waals surface area contributed by atoms with Crippen LogP contribution in [0.3, 0.4) is 0 Å². The van der Waals surface area contributed by atoms with Gasteiger partial charge in [-0.15, -0.1) is 0 Å². The highest BCUT2D eigenvalue weighted by molar-refractivity contribution is 5.48. The van der Waals surface area contributed by atoms with E-state index < -0.39 is 34.1 Å². The van der Waals surface area contributed by atoms with Gasteiger partial charge in [-0.3, -0.25) is 20.2 Å². The standard InChI is InChI=1S/C20H36N2O7/c1-2-3-7-12-17(21(26)27)20(25)15-10-9-13-18(22(28)29)19(24)14-8-5-4-6-11-16-23/h9-10,16-20,24-25H,2-8,11-15H2,1H3/b10-9-. The van der Waals surface area contributed by atoms with Gasteiger partial charge in [0.15, 0.2) is 0 Å². The largest absolute Gasteiger partial charge is 0.386 e. The van der Waals surface area contributed by atoms with Crippen LogP contribution in [0.2, 0.25) is 0 Å². The van der Waals surface area contributed by atoms with Gasteiger partial charge in [0, 0.05) is 29.1 Å². The Morgan fingerprint density at radius 3 is 1.97 bits per heavy atom. The van der Waals surface area contributed by atoms with Crippen LogP contribution in [-0.2, 0) is 4.79 Å². The maximum atomic E-state index is 11.2. The molecular formula is C20H36N2O7. The predicted molar refractivity (Wildman–Crippen MR) is 110 cm³/mol. The first kappa shape index (κ1) is 27.1. The zero-order valence-electron chi connectivity index (χ0n) is 17.4. The molecule has 0 amide bonds. The zero-order valence-corrected chi connectivity index (χ0v) is 17.4. The van der Waals surface area contributed by atoms with Crippen molar-refractivity contribution in [2.75, 3.05) is 0 Å². The van der Waals surface area contributed by atoms with Crippen LogP contribution in [0.5, 0.6) is 0 Å². The van der Waals surface area contributed by atoms with Gasteiger partial charge in [0.2, 0.25) is 12.1 Å². The van der Waals surface area contributed by atoms with Crippen molar-refractivity contribution in [3.63, 3.8) is 0 Å². The third-order valence-electron chi connectivity index (χ3n) is 5.03. The SMILES string of the molecule is CCCCCC(C(O)C/C=C\CC(C(O)CCCCCCC=O)[N+](=O)[O-])[N+](=O)[O-]. The summed E-state index contributed by atoms with van der Waals surface area (Å²) in [7, 11) is 0. The number of hydrogen-bond acceptors (Lipinski definition) is 7. The van der Waals surface area contributed by atoms with Crippen molar-refractivity contribution in [3.8, 4) is 0 Å². The molecule has 9 nitrogen and oxygen atoms in total. The minimum absolute atomic E-state index is 0.00495.